The van der Waals surface area contributed by atoms with Crippen LogP contribution in [-0.4, -0.2) is 5.91 Å². The van der Waals surface area contributed by atoms with Crippen LogP contribution in [0.15, 0.2) is 36.4 Å². The van der Waals surface area contributed by atoms with Crippen LogP contribution in [0, 0.1) is 20.8 Å². The number of carbonyl (C=O) groups is 1. The molecule has 1 aliphatic heterocycles. The molecule has 0 aliphatic carbocycles. The van der Waals surface area contributed by atoms with Gasteiger partial charge in [-0.1, -0.05) is 42.0 Å². The lowest BCUT2D eigenvalue weighted by Crippen LogP contribution is -2.23. The fourth-order valence-corrected chi connectivity index (χ4v) is 3.12. The van der Waals surface area contributed by atoms with Crippen LogP contribution in [0.25, 0.3) is 11.6 Å². The first-order chi connectivity index (χ1) is 10.1. The molecule has 0 fully saturated rings. The fourth-order valence-electron chi connectivity index (χ4n) is 3.12. The molecule has 1 aliphatic rings. The maximum Gasteiger partial charge on any atom is 0.252 e. The zero-order valence-electron chi connectivity index (χ0n) is 12.7. The number of amides is 1. The molecule has 3 rings (SSSR count). The molecule has 0 spiro atoms. The molecule has 1 heterocycles. The molecule has 1 N–H and O–H groups in total. The van der Waals surface area contributed by atoms with Gasteiger partial charge in [0.25, 0.3) is 5.91 Å². The van der Waals surface area contributed by atoms with Gasteiger partial charge < -0.3 is 5.32 Å². The molecule has 0 unspecified atom stereocenters. The van der Waals surface area contributed by atoms with Crippen LogP contribution in [0.3, 0.4) is 0 Å². The second-order valence-corrected chi connectivity index (χ2v) is 5.71. The van der Waals surface area contributed by atoms with E-state index in [4.69, 9.17) is 0 Å². The highest BCUT2D eigenvalue weighted by Gasteiger charge is 2.20. The topological polar surface area (TPSA) is 29.1 Å². The van der Waals surface area contributed by atoms with E-state index in [9.17, 15) is 4.79 Å². The lowest BCUT2D eigenvalue weighted by molar-refractivity contribution is -0.115. The Balaban J connectivity index is 2.21. The van der Waals surface area contributed by atoms with Crippen LogP contribution < -0.4 is 5.32 Å². The number of hydrogen-bond acceptors (Lipinski definition) is 1. The van der Waals surface area contributed by atoms with E-state index in [1.165, 1.54) is 5.56 Å². The average Bonchev–Trinajstić information content (AvgIpc) is 2.58. The van der Waals surface area contributed by atoms with Gasteiger partial charge in [-0.25, -0.2) is 0 Å². The van der Waals surface area contributed by atoms with Crippen LogP contribution in [-0.2, 0) is 11.3 Å². The second kappa shape index (κ2) is 5.21. The van der Waals surface area contributed by atoms with E-state index in [1.54, 1.807) is 0 Å². The van der Waals surface area contributed by atoms with Crippen molar-refractivity contribution < 1.29 is 4.79 Å². The van der Waals surface area contributed by atoms with Gasteiger partial charge in [0.05, 0.1) is 0 Å². The summed E-state index contributed by atoms with van der Waals surface area (Å²) in [6.07, 6.45) is 2.02. The van der Waals surface area contributed by atoms with Crippen molar-refractivity contribution in [3.8, 4) is 0 Å². The van der Waals surface area contributed by atoms with Gasteiger partial charge in [0, 0.05) is 12.1 Å². The third-order valence-corrected chi connectivity index (χ3v) is 3.99. The number of aryl methyl sites for hydroxylation is 3. The summed E-state index contributed by atoms with van der Waals surface area (Å²) in [5, 5.41) is 3.01. The minimum Gasteiger partial charge on any atom is -0.348 e. The largest absolute Gasteiger partial charge is 0.348 e. The normalized spacial score (nSPS) is 14.0. The molecule has 1 amide bonds. The van der Waals surface area contributed by atoms with E-state index < -0.39 is 0 Å². The third-order valence-electron chi connectivity index (χ3n) is 3.99. The van der Waals surface area contributed by atoms with Crippen molar-refractivity contribution in [2.75, 3.05) is 0 Å². The summed E-state index contributed by atoms with van der Waals surface area (Å²) in [6, 6.07) is 12.4. The summed E-state index contributed by atoms with van der Waals surface area (Å²) in [7, 11) is 0. The molecule has 21 heavy (non-hydrogen) atoms. The predicted molar refractivity (Wildman–Crippen MR) is 86.8 cm³/mol. The molecule has 0 bridgehead atoms. The first-order valence-electron chi connectivity index (χ1n) is 7.22. The first kappa shape index (κ1) is 13.6. The fraction of sp³-hybridized carbons (Fsp3) is 0.211. The minimum atomic E-state index is 0.00116. The smallest absolute Gasteiger partial charge is 0.252 e. The highest BCUT2D eigenvalue weighted by Crippen LogP contribution is 2.29. The highest BCUT2D eigenvalue weighted by atomic mass is 16.1. The van der Waals surface area contributed by atoms with Crippen molar-refractivity contribution in [2.24, 2.45) is 0 Å². The van der Waals surface area contributed by atoms with Gasteiger partial charge >= 0.3 is 0 Å². The average molecular weight is 277 g/mol. The summed E-state index contributed by atoms with van der Waals surface area (Å²) >= 11 is 0. The predicted octanol–water partition coefficient (Wildman–Crippen LogP) is 3.78. The highest BCUT2D eigenvalue weighted by molar-refractivity contribution is 6.25. The quantitative estimate of drug-likeness (QED) is 0.844. The summed E-state index contributed by atoms with van der Waals surface area (Å²) < 4.78 is 0. The van der Waals surface area contributed by atoms with E-state index in [2.05, 4.69) is 50.4 Å². The Morgan fingerprint density at radius 1 is 1.00 bits per heavy atom. The van der Waals surface area contributed by atoms with Crippen LogP contribution in [0.1, 0.15) is 33.4 Å². The molecule has 106 valence electrons. The SMILES string of the molecule is Cc1cc(C)c(C2=Cc3ccccc3CNC2=O)c(C)c1. The minimum absolute atomic E-state index is 0.00116. The number of hydrogen-bond donors (Lipinski definition) is 1. The molecule has 0 atom stereocenters. The molecule has 0 saturated heterocycles. The summed E-state index contributed by atoms with van der Waals surface area (Å²) in [6.45, 7) is 6.81. The van der Waals surface area contributed by atoms with Gasteiger partial charge in [0.1, 0.15) is 0 Å². The monoisotopic (exact) mass is 277 g/mol. The van der Waals surface area contributed by atoms with Crippen molar-refractivity contribution in [1.29, 1.82) is 0 Å². The Kier molecular flexibility index (Phi) is 3.38. The molecule has 2 aromatic carbocycles. The van der Waals surface area contributed by atoms with Crippen molar-refractivity contribution >= 4 is 17.6 Å². The van der Waals surface area contributed by atoms with Crippen LogP contribution in [0.2, 0.25) is 0 Å². The van der Waals surface area contributed by atoms with Crippen LogP contribution >= 0.6 is 0 Å². The number of carbonyl (C=O) groups excluding carboxylic acids is 1. The molecular formula is C19H19NO. The van der Waals surface area contributed by atoms with Gasteiger partial charge in [0.2, 0.25) is 0 Å². The van der Waals surface area contributed by atoms with E-state index in [1.807, 2.05) is 18.2 Å². The second-order valence-electron chi connectivity index (χ2n) is 5.71. The number of rotatable bonds is 1. The van der Waals surface area contributed by atoms with E-state index in [-0.39, 0.29) is 5.91 Å². The maximum atomic E-state index is 12.5. The number of nitrogens with one attached hydrogen (secondary N) is 1. The van der Waals surface area contributed by atoms with Gasteiger partial charge in [-0.3, -0.25) is 4.79 Å². The lowest BCUT2D eigenvalue weighted by Gasteiger charge is -2.13. The van der Waals surface area contributed by atoms with E-state index in [0.717, 1.165) is 33.4 Å². The lowest BCUT2D eigenvalue weighted by atomic mass is 9.92. The summed E-state index contributed by atoms with van der Waals surface area (Å²) in [5.74, 6) is 0.00116. The van der Waals surface area contributed by atoms with Crippen molar-refractivity contribution in [1.82, 2.24) is 5.32 Å². The zero-order valence-corrected chi connectivity index (χ0v) is 12.7. The Hall–Kier alpha value is -2.35. The molecule has 2 heteroatoms. The summed E-state index contributed by atoms with van der Waals surface area (Å²) in [4.78, 5) is 12.5. The van der Waals surface area contributed by atoms with Crippen molar-refractivity contribution in [3.63, 3.8) is 0 Å². The Bertz CT molecular complexity index is 733. The van der Waals surface area contributed by atoms with Gasteiger partial charge in [-0.15, -0.1) is 0 Å². The first-order valence-corrected chi connectivity index (χ1v) is 7.22. The molecule has 0 saturated carbocycles. The molecular weight excluding hydrogens is 258 g/mol. The Labute approximate surface area is 125 Å². The molecule has 2 aromatic rings. The summed E-state index contributed by atoms with van der Waals surface area (Å²) in [5.41, 5.74) is 7.60. The van der Waals surface area contributed by atoms with Gasteiger partial charge in [-0.2, -0.15) is 0 Å². The van der Waals surface area contributed by atoms with Crippen molar-refractivity contribution in [3.05, 3.63) is 69.8 Å². The number of fused-ring (bicyclic) bond motifs is 1. The van der Waals surface area contributed by atoms with Crippen LogP contribution in [0.5, 0.6) is 0 Å². The van der Waals surface area contributed by atoms with Gasteiger partial charge in [0.15, 0.2) is 0 Å². The molecule has 2 nitrogen and oxygen atoms in total. The maximum absolute atomic E-state index is 12.5. The van der Waals surface area contributed by atoms with Crippen molar-refractivity contribution in [2.45, 2.75) is 27.3 Å². The number of benzene rings is 2. The molecule has 0 aromatic heterocycles. The molecule has 0 radical (unpaired) electrons. The van der Waals surface area contributed by atoms with Crippen LogP contribution in [0.4, 0.5) is 0 Å². The van der Waals surface area contributed by atoms with E-state index in [0.29, 0.717) is 6.54 Å². The van der Waals surface area contributed by atoms with Gasteiger partial charge in [-0.05, 0) is 54.7 Å². The Morgan fingerprint density at radius 3 is 2.38 bits per heavy atom. The van der Waals surface area contributed by atoms with E-state index >= 15 is 0 Å². The zero-order chi connectivity index (χ0) is 15.0. The Morgan fingerprint density at radius 2 is 1.67 bits per heavy atom. The standard InChI is InChI=1S/C19H19NO/c1-12-8-13(2)18(14(3)9-12)17-10-15-6-4-5-7-16(15)11-20-19(17)21/h4-10H,11H2,1-3H3,(H,20,21). The third kappa shape index (κ3) is 2.49.